The number of anilines is 1. The fraction of sp³-hybridized carbons (Fsp3) is 0.167. The summed E-state index contributed by atoms with van der Waals surface area (Å²) in [5.74, 6) is 0.911. The van der Waals surface area contributed by atoms with E-state index in [4.69, 9.17) is 0 Å². The van der Waals surface area contributed by atoms with Gasteiger partial charge in [0.15, 0.2) is 0 Å². The number of hydrogen-bond donors (Lipinski definition) is 1. The van der Waals surface area contributed by atoms with Gasteiger partial charge in [-0.25, -0.2) is 0 Å². The van der Waals surface area contributed by atoms with E-state index in [1.165, 1.54) is 22.3 Å². The quantitative estimate of drug-likeness (QED) is 0.775. The Labute approximate surface area is 124 Å². The zero-order valence-corrected chi connectivity index (χ0v) is 12.0. The van der Waals surface area contributed by atoms with E-state index in [9.17, 15) is 0 Å². The first-order chi connectivity index (χ1) is 10.3. The van der Waals surface area contributed by atoms with E-state index in [-0.39, 0.29) is 6.04 Å². The van der Waals surface area contributed by atoms with E-state index in [2.05, 4.69) is 58.9 Å². The maximum Gasteiger partial charge on any atom is 0.148 e. The Balaban J connectivity index is 1.81. The Morgan fingerprint density at radius 3 is 2.14 bits per heavy atom. The highest BCUT2D eigenvalue weighted by atomic mass is 15.3. The predicted octanol–water partition coefficient (Wildman–Crippen LogP) is 3.53. The Morgan fingerprint density at radius 1 is 0.952 bits per heavy atom. The van der Waals surface area contributed by atoms with E-state index in [0.717, 1.165) is 12.2 Å². The van der Waals surface area contributed by atoms with Crippen LogP contribution in [0.4, 0.5) is 5.82 Å². The van der Waals surface area contributed by atoms with Crippen molar-refractivity contribution < 1.29 is 0 Å². The second kappa shape index (κ2) is 4.77. The SMILES string of the molecule is Cn1ccc(NC2c3ccccc3Cc3ccccc32)n1. The Hall–Kier alpha value is -2.55. The molecule has 0 bridgehead atoms. The fourth-order valence-electron chi connectivity index (χ4n) is 3.12. The minimum atomic E-state index is 0.168. The lowest BCUT2D eigenvalue weighted by atomic mass is 9.82. The molecule has 104 valence electrons. The van der Waals surface area contributed by atoms with E-state index >= 15 is 0 Å². The lowest BCUT2D eigenvalue weighted by Gasteiger charge is -2.29. The van der Waals surface area contributed by atoms with Gasteiger partial charge in [-0.15, -0.1) is 0 Å². The van der Waals surface area contributed by atoms with Crippen molar-refractivity contribution in [2.75, 3.05) is 5.32 Å². The number of fused-ring (bicyclic) bond motifs is 2. The molecule has 0 fully saturated rings. The zero-order chi connectivity index (χ0) is 14.2. The van der Waals surface area contributed by atoms with Crippen molar-refractivity contribution in [1.29, 1.82) is 0 Å². The minimum Gasteiger partial charge on any atom is -0.358 e. The van der Waals surface area contributed by atoms with Crippen molar-refractivity contribution in [1.82, 2.24) is 9.78 Å². The molecule has 0 aliphatic heterocycles. The van der Waals surface area contributed by atoms with Gasteiger partial charge in [-0.1, -0.05) is 48.5 Å². The maximum atomic E-state index is 4.46. The summed E-state index contributed by atoms with van der Waals surface area (Å²) in [4.78, 5) is 0. The molecule has 1 N–H and O–H groups in total. The highest BCUT2D eigenvalue weighted by Gasteiger charge is 2.25. The molecule has 0 atom stereocenters. The van der Waals surface area contributed by atoms with Crippen molar-refractivity contribution in [2.45, 2.75) is 12.5 Å². The lowest BCUT2D eigenvalue weighted by Crippen LogP contribution is -2.20. The average molecular weight is 275 g/mol. The van der Waals surface area contributed by atoms with Gasteiger partial charge < -0.3 is 5.32 Å². The van der Waals surface area contributed by atoms with Crippen LogP contribution in [0.3, 0.4) is 0 Å². The molecular formula is C18H17N3. The van der Waals surface area contributed by atoms with E-state index in [1.54, 1.807) is 0 Å². The van der Waals surface area contributed by atoms with Gasteiger partial charge in [-0.3, -0.25) is 4.68 Å². The third kappa shape index (κ3) is 2.11. The second-order valence-electron chi connectivity index (χ2n) is 5.53. The van der Waals surface area contributed by atoms with Crippen molar-refractivity contribution in [3.63, 3.8) is 0 Å². The molecule has 2 aromatic carbocycles. The molecule has 0 unspecified atom stereocenters. The van der Waals surface area contributed by atoms with Gasteiger partial charge in [0.2, 0.25) is 0 Å². The number of nitrogens with zero attached hydrogens (tertiary/aromatic N) is 2. The molecule has 1 aliphatic carbocycles. The van der Waals surface area contributed by atoms with Crippen LogP contribution in [0, 0.1) is 0 Å². The summed E-state index contributed by atoms with van der Waals surface area (Å²) in [7, 11) is 1.94. The van der Waals surface area contributed by atoms with Crippen molar-refractivity contribution in [2.24, 2.45) is 7.05 Å². The molecule has 0 saturated carbocycles. The number of nitrogens with one attached hydrogen (secondary N) is 1. The van der Waals surface area contributed by atoms with Gasteiger partial charge in [0.1, 0.15) is 5.82 Å². The topological polar surface area (TPSA) is 29.9 Å². The van der Waals surface area contributed by atoms with Crippen LogP contribution in [0.2, 0.25) is 0 Å². The number of hydrogen-bond acceptors (Lipinski definition) is 2. The molecular weight excluding hydrogens is 258 g/mol. The van der Waals surface area contributed by atoms with Crippen LogP contribution in [-0.4, -0.2) is 9.78 Å². The van der Waals surface area contributed by atoms with Crippen LogP contribution in [0.25, 0.3) is 0 Å². The van der Waals surface area contributed by atoms with Gasteiger partial charge in [0.05, 0.1) is 6.04 Å². The van der Waals surface area contributed by atoms with Crippen LogP contribution >= 0.6 is 0 Å². The molecule has 1 heterocycles. The summed E-state index contributed by atoms with van der Waals surface area (Å²) in [6.07, 6.45) is 2.97. The molecule has 0 amide bonds. The van der Waals surface area contributed by atoms with Crippen LogP contribution in [0.15, 0.2) is 60.8 Å². The second-order valence-corrected chi connectivity index (χ2v) is 5.53. The largest absolute Gasteiger partial charge is 0.358 e. The summed E-state index contributed by atoms with van der Waals surface area (Å²) in [5, 5.41) is 8.04. The normalized spacial score (nSPS) is 13.6. The zero-order valence-electron chi connectivity index (χ0n) is 12.0. The molecule has 0 saturated heterocycles. The highest BCUT2D eigenvalue weighted by molar-refractivity contribution is 5.53. The fourth-order valence-corrected chi connectivity index (χ4v) is 3.12. The van der Waals surface area contributed by atoms with Gasteiger partial charge in [0, 0.05) is 19.3 Å². The summed E-state index contributed by atoms with van der Waals surface area (Å²) >= 11 is 0. The number of benzene rings is 2. The van der Waals surface area contributed by atoms with Crippen LogP contribution in [0.5, 0.6) is 0 Å². The monoisotopic (exact) mass is 275 g/mol. The molecule has 21 heavy (non-hydrogen) atoms. The Morgan fingerprint density at radius 2 is 1.57 bits per heavy atom. The predicted molar refractivity (Wildman–Crippen MR) is 84.4 cm³/mol. The third-order valence-electron chi connectivity index (χ3n) is 4.12. The molecule has 4 rings (SSSR count). The van der Waals surface area contributed by atoms with Crippen molar-refractivity contribution in [3.05, 3.63) is 83.0 Å². The van der Waals surface area contributed by atoms with E-state index in [1.807, 2.05) is 24.0 Å². The van der Waals surface area contributed by atoms with Crippen LogP contribution < -0.4 is 5.32 Å². The molecule has 1 aromatic heterocycles. The highest BCUT2D eigenvalue weighted by Crippen LogP contribution is 2.36. The van der Waals surface area contributed by atoms with Gasteiger partial charge in [-0.2, -0.15) is 5.10 Å². The van der Waals surface area contributed by atoms with Crippen molar-refractivity contribution in [3.8, 4) is 0 Å². The van der Waals surface area contributed by atoms with Crippen molar-refractivity contribution >= 4 is 5.82 Å². The Kier molecular flexibility index (Phi) is 2.78. The van der Waals surface area contributed by atoms with Gasteiger partial charge in [-0.05, 0) is 28.7 Å². The van der Waals surface area contributed by atoms with Crippen LogP contribution in [0.1, 0.15) is 28.3 Å². The molecule has 3 nitrogen and oxygen atoms in total. The first-order valence-electron chi connectivity index (χ1n) is 7.23. The van der Waals surface area contributed by atoms with Gasteiger partial charge >= 0.3 is 0 Å². The minimum absolute atomic E-state index is 0.168. The molecule has 3 heteroatoms. The third-order valence-corrected chi connectivity index (χ3v) is 4.12. The smallest absolute Gasteiger partial charge is 0.148 e. The van der Waals surface area contributed by atoms with E-state index < -0.39 is 0 Å². The maximum absolute atomic E-state index is 4.46. The number of rotatable bonds is 2. The van der Waals surface area contributed by atoms with Crippen LogP contribution in [-0.2, 0) is 13.5 Å². The number of aromatic nitrogens is 2. The summed E-state index contributed by atoms with van der Waals surface area (Å²) < 4.78 is 1.82. The standard InChI is InChI=1S/C18H17N3/c1-21-11-10-17(20-21)19-18-15-8-4-2-6-13(15)12-14-7-3-5-9-16(14)18/h2-11,18H,12H2,1H3,(H,19,20). The first kappa shape index (κ1) is 12.2. The molecule has 1 aliphatic rings. The summed E-state index contributed by atoms with van der Waals surface area (Å²) in [6, 6.07) is 19.5. The first-order valence-corrected chi connectivity index (χ1v) is 7.23. The molecule has 3 aromatic rings. The number of aryl methyl sites for hydroxylation is 1. The van der Waals surface area contributed by atoms with Gasteiger partial charge in [0.25, 0.3) is 0 Å². The summed E-state index contributed by atoms with van der Waals surface area (Å²) in [5.41, 5.74) is 5.48. The Bertz CT molecular complexity index is 743. The summed E-state index contributed by atoms with van der Waals surface area (Å²) in [6.45, 7) is 0. The average Bonchev–Trinajstić information content (AvgIpc) is 2.92. The molecule has 0 radical (unpaired) electrons. The lowest BCUT2D eigenvalue weighted by molar-refractivity contribution is 0.760. The molecule has 0 spiro atoms. The van der Waals surface area contributed by atoms with E-state index in [0.29, 0.717) is 0 Å².